The van der Waals surface area contributed by atoms with E-state index in [1.165, 1.54) is 32.1 Å². The van der Waals surface area contributed by atoms with Crippen LogP contribution in [0.1, 0.15) is 25.7 Å². The van der Waals surface area contributed by atoms with E-state index in [-0.39, 0.29) is 5.38 Å². The zero-order valence-corrected chi connectivity index (χ0v) is 6.64. The Hall–Kier alpha value is -0.220. The second-order valence-corrected chi connectivity index (χ2v) is 3.29. The first-order chi connectivity index (χ1) is 4.84. The lowest BCUT2D eigenvalue weighted by Crippen LogP contribution is -2.10. The number of hydrogen-bond acceptors (Lipinski definition) is 1. The summed E-state index contributed by atoms with van der Waals surface area (Å²) in [6, 6.07) is 1.99. The molecule has 1 saturated carbocycles. The zero-order chi connectivity index (χ0) is 7.40. The van der Waals surface area contributed by atoms with Gasteiger partial charge >= 0.3 is 0 Å². The van der Waals surface area contributed by atoms with Crippen molar-refractivity contribution in [1.82, 2.24) is 0 Å². The quantitative estimate of drug-likeness (QED) is 0.564. The molecule has 1 fully saturated rings. The lowest BCUT2D eigenvalue weighted by molar-refractivity contribution is 0.554. The molecule has 0 heterocycles. The first-order valence-corrected chi connectivity index (χ1v) is 4.15. The van der Waals surface area contributed by atoms with E-state index in [9.17, 15) is 0 Å². The van der Waals surface area contributed by atoms with E-state index in [1.54, 1.807) is 0 Å². The lowest BCUT2D eigenvalue weighted by atomic mass is 10.0. The molecule has 1 rings (SSSR count). The summed E-state index contributed by atoms with van der Waals surface area (Å²) in [5.41, 5.74) is 0. The van der Waals surface area contributed by atoms with Gasteiger partial charge in [-0.1, -0.05) is 12.8 Å². The highest BCUT2D eigenvalue weighted by Gasteiger charge is 2.22. The molecule has 1 nitrogen and oxygen atoms in total. The van der Waals surface area contributed by atoms with E-state index < -0.39 is 0 Å². The van der Waals surface area contributed by atoms with Crippen molar-refractivity contribution in [3.8, 4) is 6.07 Å². The standard InChI is InChI=1S/C8H11ClN/c9-8(5-6-10)7-3-1-2-4-7/h5,7-8H,1-4H2. The van der Waals surface area contributed by atoms with Crippen molar-refractivity contribution in [2.24, 2.45) is 5.92 Å². The summed E-state index contributed by atoms with van der Waals surface area (Å²) in [5.74, 6) is 0.571. The third-order valence-electron chi connectivity index (χ3n) is 2.08. The predicted octanol–water partition coefficient (Wildman–Crippen LogP) is 2.51. The molecule has 0 aliphatic heterocycles. The smallest absolute Gasteiger partial charge is 0.0802 e. The Morgan fingerprint density at radius 2 is 2.10 bits per heavy atom. The Morgan fingerprint density at radius 3 is 2.60 bits per heavy atom. The molecule has 1 aliphatic rings. The topological polar surface area (TPSA) is 23.8 Å². The highest BCUT2D eigenvalue weighted by molar-refractivity contribution is 6.21. The van der Waals surface area contributed by atoms with Crippen molar-refractivity contribution in [3.63, 3.8) is 0 Å². The molecule has 1 unspecified atom stereocenters. The van der Waals surface area contributed by atoms with Crippen LogP contribution in [0.15, 0.2) is 0 Å². The molecule has 10 heavy (non-hydrogen) atoms. The van der Waals surface area contributed by atoms with Gasteiger partial charge in [-0.15, -0.1) is 11.6 Å². The third kappa shape index (κ3) is 1.88. The summed E-state index contributed by atoms with van der Waals surface area (Å²) >= 11 is 5.91. The molecule has 0 aromatic heterocycles. The van der Waals surface area contributed by atoms with Crippen LogP contribution < -0.4 is 0 Å². The Balaban J connectivity index is 2.26. The molecule has 1 atom stereocenters. The van der Waals surface area contributed by atoms with Gasteiger partial charge in [0, 0.05) is 0 Å². The Kier molecular flexibility index (Phi) is 3.02. The maximum absolute atomic E-state index is 8.31. The first kappa shape index (κ1) is 7.88. The van der Waals surface area contributed by atoms with Gasteiger partial charge in [-0.3, -0.25) is 0 Å². The van der Waals surface area contributed by atoms with Crippen molar-refractivity contribution in [2.75, 3.05) is 0 Å². The van der Waals surface area contributed by atoms with Crippen molar-refractivity contribution in [3.05, 3.63) is 6.42 Å². The van der Waals surface area contributed by atoms with Crippen molar-refractivity contribution in [2.45, 2.75) is 31.1 Å². The van der Waals surface area contributed by atoms with Crippen LogP contribution in [0.2, 0.25) is 0 Å². The number of rotatable bonds is 2. The fraction of sp³-hybridized carbons (Fsp3) is 0.750. The molecular formula is C8H11ClN. The van der Waals surface area contributed by atoms with Gasteiger partial charge in [-0.05, 0) is 18.8 Å². The number of nitriles is 1. The summed E-state index contributed by atoms with van der Waals surface area (Å²) in [6.07, 6.45) is 6.51. The molecule has 1 radical (unpaired) electrons. The maximum Gasteiger partial charge on any atom is 0.0802 e. The SMILES string of the molecule is N#C[CH]C(Cl)C1CCCC1. The normalized spacial score (nSPS) is 22.4. The van der Waals surface area contributed by atoms with E-state index >= 15 is 0 Å². The van der Waals surface area contributed by atoms with Gasteiger partial charge < -0.3 is 0 Å². The van der Waals surface area contributed by atoms with Crippen LogP contribution in [0, 0.1) is 23.7 Å². The molecule has 0 amide bonds. The molecule has 1 aliphatic carbocycles. The van der Waals surface area contributed by atoms with Crippen LogP contribution in [-0.4, -0.2) is 5.38 Å². The van der Waals surface area contributed by atoms with Crippen molar-refractivity contribution in [1.29, 1.82) is 5.26 Å². The summed E-state index contributed by atoms with van der Waals surface area (Å²) in [4.78, 5) is 0. The summed E-state index contributed by atoms with van der Waals surface area (Å²) in [5, 5.41) is 8.30. The first-order valence-electron chi connectivity index (χ1n) is 3.71. The minimum atomic E-state index is -0.00694. The fourth-order valence-corrected chi connectivity index (χ4v) is 1.79. The highest BCUT2D eigenvalue weighted by Crippen LogP contribution is 2.31. The molecule has 0 spiro atoms. The lowest BCUT2D eigenvalue weighted by Gasteiger charge is -2.11. The Bertz CT molecular complexity index is 133. The average molecular weight is 157 g/mol. The van der Waals surface area contributed by atoms with Gasteiger partial charge in [0.2, 0.25) is 0 Å². The molecule has 0 aromatic rings. The van der Waals surface area contributed by atoms with E-state index in [0.717, 1.165) is 0 Å². The van der Waals surface area contributed by atoms with Crippen LogP contribution in [0.3, 0.4) is 0 Å². The Labute approximate surface area is 67.0 Å². The molecule has 0 saturated heterocycles. The van der Waals surface area contributed by atoms with Crippen LogP contribution in [0.25, 0.3) is 0 Å². The van der Waals surface area contributed by atoms with Gasteiger partial charge in [0.05, 0.1) is 17.9 Å². The van der Waals surface area contributed by atoms with Gasteiger partial charge in [0.25, 0.3) is 0 Å². The highest BCUT2D eigenvalue weighted by atomic mass is 35.5. The minimum Gasteiger partial charge on any atom is -0.198 e. The minimum absolute atomic E-state index is 0.00694. The van der Waals surface area contributed by atoms with Gasteiger partial charge in [0.1, 0.15) is 0 Å². The average Bonchev–Trinajstić information content (AvgIpc) is 2.38. The van der Waals surface area contributed by atoms with E-state index in [1.807, 2.05) is 6.07 Å². The molecule has 0 aromatic carbocycles. The summed E-state index contributed by atoms with van der Waals surface area (Å²) < 4.78 is 0. The summed E-state index contributed by atoms with van der Waals surface area (Å²) in [7, 11) is 0. The molecule has 55 valence electrons. The Morgan fingerprint density at radius 1 is 1.50 bits per heavy atom. The largest absolute Gasteiger partial charge is 0.198 e. The molecule has 2 heteroatoms. The second kappa shape index (κ2) is 3.83. The summed E-state index contributed by atoms with van der Waals surface area (Å²) in [6.45, 7) is 0. The molecular weight excluding hydrogens is 146 g/mol. The monoisotopic (exact) mass is 156 g/mol. The fourth-order valence-electron chi connectivity index (χ4n) is 1.48. The molecule has 0 bridgehead atoms. The zero-order valence-electron chi connectivity index (χ0n) is 5.89. The van der Waals surface area contributed by atoms with Gasteiger partial charge in [0.15, 0.2) is 0 Å². The van der Waals surface area contributed by atoms with Gasteiger partial charge in [-0.25, -0.2) is 0 Å². The van der Waals surface area contributed by atoms with Crippen LogP contribution in [0.4, 0.5) is 0 Å². The van der Waals surface area contributed by atoms with E-state index in [0.29, 0.717) is 5.92 Å². The predicted molar refractivity (Wildman–Crippen MR) is 41.5 cm³/mol. The number of hydrogen-bond donors (Lipinski definition) is 0. The maximum atomic E-state index is 8.31. The van der Waals surface area contributed by atoms with E-state index in [2.05, 4.69) is 0 Å². The van der Waals surface area contributed by atoms with Crippen molar-refractivity contribution < 1.29 is 0 Å². The van der Waals surface area contributed by atoms with E-state index in [4.69, 9.17) is 16.9 Å². The van der Waals surface area contributed by atoms with Crippen LogP contribution in [0.5, 0.6) is 0 Å². The van der Waals surface area contributed by atoms with Crippen LogP contribution >= 0.6 is 11.6 Å². The van der Waals surface area contributed by atoms with Crippen molar-refractivity contribution >= 4 is 11.6 Å². The second-order valence-electron chi connectivity index (χ2n) is 2.78. The third-order valence-corrected chi connectivity index (χ3v) is 2.57. The number of alkyl halides is 1. The molecule has 0 N–H and O–H groups in total. The van der Waals surface area contributed by atoms with Gasteiger partial charge in [-0.2, -0.15) is 5.26 Å². The number of nitrogens with zero attached hydrogens (tertiary/aromatic N) is 1. The van der Waals surface area contributed by atoms with Crippen LogP contribution in [-0.2, 0) is 0 Å². The number of halogens is 1.